The van der Waals surface area contributed by atoms with Crippen molar-refractivity contribution in [3.63, 3.8) is 0 Å². The van der Waals surface area contributed by atoms with Crippen LogP contribution in [0.5, 0.6) is 11.5 Å². The number of hydrogen-bond donors (Lipinski definition) is 1. The van der Waals surface area contributed by atoms with Crippen LogP contribution in [0, 0.1) is 12.7 Å². The summed E-state index contributed by atoms with van der Waals surface area (Å²) >= 11 is 0. The summed E-state index contributed by atoms with van der Waals surface area (Å²) in [5.74, 6) is 1.09. The first-order valence-electron chi connectivity index (χ1n) is 5.42. The van der Waals surface area contributed by atoms with Gasteiger partial charge in [-0.3, -0.25) is 0 Å². The maximum atomic E-state index is 13.1. The van der Waals surface area contributed by atoms with E-state index in [1.807, 2.05) is 24.3 Å². The quantitative estimate of drug-likeness (QED) is 0.878. The molecular formula is C14H14FNO. The van der Waals surface area contributed by atoms with Crippen molar-refractivity contribution in [2.75, 3.05) is 0 Å². The first kappa shape index (κ1) is 11.6. The summed E-state index contributed by atoms with van der Waals surface area (Å²) in [4.78, 5) is 0. The second-order valence-electron chi connectivity index (χ2n) is 3.82. The van der Waals surface area contributed by atoms with Crippen LogP contribution < -0.4 is 10.5 Å². The van der Waals surface area contributed by atoms with Gasteiger partial charge in [-0.05, 0) is 36.8 Å². The zero-order valence-electron chi connectivity index (χ0n) is 9.61. The fraction of sp³-hybridized carbons (Fsp3) is 0.143. The van der Waals surface area contributed by atoms with Gasteiger partial charge in [0, 0.05) is 12.1 Å². The summed E-state index contributed by atoms with van der Waals surface area (Å²) in [6.45, 7) is 2.12. The number of hydrogen-bond acceptors (Lipinski definition) is 2. The van der Waals surface area contributed by atoms with Gasteiger partial charge in [-0.15, -0.1) is 0 Å². The molecule has 0 saturated carbocycles. The molecule has 17 heavy (non-hydrogen) atoms. The highest BCUT2D eigenvalue weighted by Gasteiger charge is 2.04. The Balaban J connectivity index is 2.28. The van der Waals surface area contributed by atoms with Gasteiger partial charge in [0.25, 0.3) is 0 Å². The van der Waals surface area contributed by atoms with E-state index >= 15 is 0 Å². The molecule has 2 aromatic rings. The lowest BCUT2D eigenvalue weighted by Gasteiger charge is -2.10. The van der Waals surface area contributed by atoms with Crippen LogP contribution in [0.1, 0.15) is 11.1 Å². The molecule has 0 atom stereocenters. The summed E-state index contributed by atoms with van der Waals surface area (Å²) in [7, 11) is 0. The van der Waals surface area contributed by atoms with E-state index in [1.165, 1.54) is 6.07 Å². The third-order valence-corrected chi connectivity index (χ3v) is 2.55. The molecule has 0 saturated heterocycles. The van der Waals surface area contributed by atoms with Gasteiger partial charge < -0.3 is 10.5 Å². The fourth-order valence-corrected chi connectivity index (χ4v) is 1.58. The molecule has 2 N–H and O–H groups in total. The number of aryl methyl sites for hydroxylation is 1. The van der Waals surface area contributed by atoms with E-state index in [0.717, 1.165) is 5.56 Å². The molecule has 0 amide bonds. The smallest absolute Gasteiger partial charge is 0.131 e. The van der Waals surface area contributed by atoms with Gasteiger partial charge in [0.1, 0.15) is 17.3 Å². The molecule has 0 unspecified atom stereocenters. The lowest BCUT2D eigenvalue weighted by atomic mass is 10.2. The first-order chi connectivity index (χ1) is 8.20. The number of nitrogens with two attached hydrogens (primary N) is 1. The minimum Gasteiger partial charge on any atom is -0.457 e. The largest absolute Gasteiger partial charge is 0.457 e. The minimum absolute atomic E-state index is 0.232. The maximum absolute atomic E-state index is 13.1. The van der Waals surface area contributed by atoms with Crippen LogP contribution in [0.25, 0.3) is 0 Å². The van der Waals surface area contributed by atoms with E-state index < -0.39 is 0 Å². The molecule has 0 spiro atoms. The third kappa shape index (κ3) is 2.63. The highest BCUT2D eigenvalue weighted by atomic mass is 19.1. The fourth-order valence-electron chi connectivity index (χ4n) is 1.58. The number of halogens is 1. The lowest BCUT2D eigenvalue weighted by Crippen LogP contribution is -1.99. The van der Waals surface area contributed by atoms with E-state index in [2.05, 4.69) is 0 Å². The van der Waals surface area contributed by atoms with Gasteiger partial charge >= 0.3 is 0 Å². The maximum Gasteiger partial charge on any atom is 0.131 e. The van der Waals surface area contributed by atoms with Crippen LogP contribution in [-0.4, -0.2) is 0 Å². The van der Waals surface area contributed by atoms with Gasteiger partial charge in [-0.2, -0.15) is 0 Å². The van der Waals surface area contributed by atoms with Crippen molar-refractivity contribution in [1.29, 1.82) is 0 Å². The second kappa shape index (κ2) is 4.97. The molecule has 0 radical (unpaired) electrons. The first-order valence-corrected chi connectivity index (χ1v) is 5.42. The highest BCUT2D eigenvalue weighted by molar-refractivity contribution is 5.38. The van der Waals surface area contributed by atoms with E-state index in [0.29, 0.717) is 23.6 Å². The Labute approximate surface area is 99.8 Å². The lowest BCUT2D eigenvalue weighted by molar-refractivity contribution is 0.473. The molecular weight excluding hydrogens is 217 g/mol. The van der Waals surface area contributed by atoms with Gasteiger partial charge in [-0.25, -0.2) is 4.39 Å². The number of ether oxygens (including phenoxy) is 1. The Morgan fingerprint density at radius 2 is 1.94 bits per heavy atom. The average Bonchev–Trinajstić information content (AvgIpc) is 2.34. The van der Waals surface area contributed by atoms with Crippen molar-refractivity contribution in [2.24, 2.45) is 5.73 Å². The SMILES string of the molecule is Cc1cc(Oc2ccccc2CN)ccc1F. The molecule has 2 aromatic carbocycles. The van der Waals surface area contributed by atoms with Gasteiger partial charge in [0.05, 0.1) is 0 Å². The topological polar surface area (TPSA) is 35.2 Å². The van der Waals surface area contributed by atoms with E-state index in [4.69, 9.17) is 10.5 Å². The zero-order chi connectivity index (χ0) is 12.3. The van der Waals surface area contributed by atoms with Crippen molar-refractivity contribution in [3.8, 4) is 11.5 Å². The van der Waals surface area contributed by atoms with Gasteiger partial charge in [0.15, 0.2) is 0 Å². The van der Waals surface area contributed by atoms with E-state index in [-0.39, 0.29) is 5.82 Å². The molecule has 0 heterocycles. The van der Waals surface area contributed by atoms with Crippen LogP contribution in [0.4, 0.5) is 4.39 Å². The molecule has 0 aliphatic rings. The van der Waals surface area contributed by atoms with Crippen molar-refractivity contribution in [3.05, 3.63) is 59.4 Å². The Morgan fingerprint density at radius 1 is 1.18 bits per heavy atom. The van der Waals surface area contributed by atoms with Crippen molar-refractivity contribution < 1.29 is 9.13 Å². The minimum atomic E-state index is -0.232. The summed E-state index contributed by atoms with van der Waals surface area (Å²) in [5, 5.41) is 0. The Kier molecular flexibility index (Phi) is 3.40. The van der Waals surface area contributed by atoms with Crippen LogP contribution in [-0.2, 0) is 6.54 Å². The predicted molar refractivity (Wildman–Crippen MR) is 65.5 cm³/mol. The van der Waals surface area contributed by atoms with Crippen LogP contribution in [0.15, 0.2) is 42.5 Å². The number of rotatable bonds is 3. The van der Waals surface area contributed by atoms with Crippen molar-refractivity contribution in [1.82, 2.24) is 0 Å². The number of para-hydroxylation sites is 1. The van der Waals surface area contributed by atoms with Crippen LogP contribution in [0.3, 0.4) is 0 Å². The van der Waals surface area contributed by atoms with Crippen LogP contribution >= 0.6 is 0 Å². The summed E-state index contributed by atoms with van der Waals surface area (Å²) in [6, 6.07) is 12.2. The van der Waals surface area contributed by atoms with Crippen molar-refractivity contribution >= 4 is 0 Å². The molecule has 0 aromatic heterocycles. The molecule has 0 aliphatic carbocycles. The molecule has 3 heteroatoms. The number of benzene rings is 2. The molecule has 0 aliphatic heterocycles. The van der Waals surface area contributed by atoms with E-state index in [1.54, 1.807) is 19.1 Å². The van der Waals surface area contributed by atoms with Gasteiger partial charge in [0.2, 0.25) is 0 Å². The molecule has 0 fully saturated rings. The third-order valence-electron chi connectivity index (χ3n) is 2.55. The molecule has 0 bridgehead atoms. The Morgan fingerprint density at radius 3 is 2.65 bits per heavy atom. The average molecular weight is 231 g/mol. The van der Waals surface area contributed by atoms with Gasteiger partial charge in [-0.1, -0.05) is 18.2 Å². The van der Waals surface area contributed by atoms with E-state index in [9.17, 15) is 4.39 Å². The molecule has 2 rings (SSSR count). The highest BCUT2D eigenvalue weighted by Crippen LogP contribution is 2.26. The zero-order valence-corrected chi connectivity index (χ0v) is 9.61. The second-order valence-corrected chi connectivity index (χ2v) is 3.82. The molecule has 88 valence electrons. The Bertz CT molecular complexity index is 525. The predicted octanol–water partition coefficient (Wildman–Crippen LogP) is 3.39. The molecule has 2 nitrogen and oxygen atoms in total. The summed E-state index contributed by atoms with van der Waals surface area (Å²) in [5.41, 5.74) is 7.11. The normalized spacial score (nSPS) is 10.3. The Hall–Kier alpha value is -1.87. The standard InChI is InChI=1S/C14H14FNO/c1-10-8-12(6-7-13(10)15)17-14-5-3-2-4-11(14)9-16/h2-8H,9,16H2,1H3. The van der Waals surface area contributed by atoms with Crippen molar-refractivity contribution in [2.45, 2.75) is 13.5 Å². The summed E-state index contributed by atoms with van der Waals surface area (Å²) in [6.07, 6.45) is 0. The summed E-state index contributed by atoms with van der Waals surface area (Å²) < 4.78 is 18.8. The van der Waals surface area contributed by atoms with Crippen LogP contribution in [0.2, 0.25) is 0 Å². The monoisotopic (exact) mass is 231 g/mol.